The number of pyridine rings is 1. The number of fused-ring (bicyclic) bond motifs is 1. The van der Waals surface area contributed by atoms with Crippen molar-refractivity contribution in [3.05, 3.63) is 82.9 Å². The third-order valence-electron chi connectivity index (χ3n) is 5.39. The smallest absolute Gasteiger partial charge is 0.266 e. The molecule has 1 fully saturated rings. The van der Waals surface area contributed by atoms with E-state index in [4.69, 9.17) is 21.7 Å². The molecule has 3 heterocycles. The van der Waals surface area contributed by atoms with Crippen LogP contribution < -0.4 is 9.47 Å². The first-order valence-corrected chi connectivity index (χ1v) is 11.5. The molecular weight excluding hydrogens is 440 g/mol. The van der Waals surface area contributed by atoms with Gasteiger partial charge in [0.25, 0.3) is 5.91 Å². The number of carbonyl (C=O) groups is 1. The van der Waals surface area contributed by atoms with Crippen molar-refractivity contribution in [2.45, 2.75) is 19.4 Å². The fraction of sp³-hybridized carbons (Fsp3) is 0.160. The normalized spacial score (nSPS) is 17.3. The predicted octanol–water partition coefficient (Wildman–Crippen LogP) is 5.31. The molecular formula is C25H20N2O3S2. The second kappa shape index (κ2) is 8.76. The number of thioether (sulfide) groups is 1. The maximum absolute atomic E-state index is 13.1. The Morgan fingerprint density at radius 2 is 1.94 bits per heavy atom. The third kappa shape index (κ3) is 4.13. The quantitative estimate of drug-likeness (QED) is 0.380. The molecule has 160 valence electrons. The van der Waals surface area contributed by atoms with E-state index in [0.29, 0.717) is 9.23 Å². The molecule has 0 N–H and O–H groups in total. The number of nitrogens with zero attached hydrogens (tertiary/aromatic N) is 2. The van der Waals surface area contributed by atoms with Crippen LogP contribution in [0.15, 0.2) is 71.8 Å². The Hall–Kier alpha value is -3.16. The lowest BCUT2D eigenvalue weighted by molar-refractivity contribution is -0.123. The van der Waals surface area contributed by atoms with Crippen molar-refractivity contribution in [3.63, 3.8) is 0 Å². The number of rotatable bonds is 5. The van der Waals surface area contributed by atoms with Crippen molar-refractivity contribution in [1.82, 2.24) is 9.88 Å². The van der Waals surface area contributed by atoms with Gasteiger partial charge in [0.05, 0.1) is 10.6 Å². The molecule has 0 aliphatic carbocycles. The first kappa shape index (κ1) is 20.7. The van der Waals surface area contributed by atoms with Gasteiger partial charge >= 0.3 is 0 Å². The van der Waals surface area contributed by atoms with Crippen LogP contribution in [0.4, 0.5) is 0 Å². The summed E-state index contributed by atoms with van der Waals surface area (Å²) in [5.74, 6) is 1.42. The molecule has 7 heteroatoms. The van der Waals surface area contributed by atoms with E-state index in [1.54, 1.807) is 11.1 Å². The van der Waals surface area contributed by atoms with Crippen LogP contribution in [0.2, 0.25) is 0 Å². The fourth-order valence-electron chi connectivity index (χ4n) is 3.78. The van der Waals surface area contributed by atoms with Crippen LogP contribution in [0.25, 0.3) is 17.3 Å². The number of hydrogen-bond donors (Lipinski definition) is 0. The van der Waals surface area contributed by atoms with Crippen LogP contribution in [0.1, 0.15) is 18.1 Å². The first-order chi connectivity index (χ1) is 15.6. The number of aromatic nitrogens is 1. The number of ether oxygens (including phenoxy) is 2. The molecule has 2 aromatic carbocycles. The number of amides is 1. The number of carbonyl (C=O) groups excluding carboxylic acids is 1. The minimum absolute atomic E-state index is 0.0118. The third-order valence-corrected chi connectivity index (χ3v) is 6.72. The fourth-order valence-corrected chi connectivity index (χ4v) is 5.24. The summed E-state index contributed by atoms with van der Waals surface area (Å²) in [4.78, 5) is 19.9. The van der Waals surface area contributed by atoms with E-state index in [9.17, 15) is 4.79 Å². The van der Waals surface area contributed by atoms with Gasteiger partial charge in [0.1, 0.15) is 4.32 Å². The summed E-state index contributed by atoms with van der Waals surface area (Å²) in [6, 6.07) is 19.8. The van der Waals surface area contributed by atoms with Gasteiger partial charge in [-0.15, -0.1) is 0 Å². The standard InChI is InChI=1S/C25H20N2O3S2/c1-16(11-17-5-3-2-4-6-17)27-24(28)23(32-25(27)31)12-18-7-9-20(26-14-18)19-8-10-21-22(13-19)30-15-29-21/h2-10,12-14,16H,11,15H2,1H3. The van der Waals surface area contributed by atoms with Gasteiger partial charge in [-0.3, -0.25) is 14.7 Å². The lowest BCUT2D eigenvalue weighted by Gasteiger charge is -2.23. The molecule has 2 aliphatic heterocycles. The highest BCUT2D eigenvalue weighted by molar-refractivity contribution is 8.26. The summed E-state index contributed by atoms with van der Waals surface area (Å²) in [5, 5.41) is 0. The molecule has 1 aromatic heterocycles. The van der Waals surface area contributed by atoms with E-state index >= 15 is 0 Å². The maximum atomic E-state index is 13.1. The van der Waals surface area contributed by atoms with Crippen molar-refractivity contribution in [2.75, 3.05) is 6.79 Å². The monoisotopic (exact) mass is 460 g/mol. The van der Waals surface area contributed by atoms with E-state index in [1.165, 1.54) is 17.3 Å². The first-order valence-electron chi connectivity index (χ1n) is 10.3. The van der Waals surface area contributed by atoms with Gasteiger partial charge in [-0.1, -0.05) is 60.4 Å². The van der Waals surface area contributed by atoms with Crippen LogP contribution in [0, 0.1) is 0 Å². The van der Waals surface area contributed by atoms with Crippen LogP contribution >= 0.6 is 24.0 Å². The SMILES string of the molecule is CC(Cc1ccccc1)N1C(=O)C(=Cc2ccc(-c3ccc4c(c3)OCO4)nc2)SC1=S. The van der Waals surface area contributed by atoms with Crippen molar-refractivity contribution < 1.29 is 14.3 Å². The summed E-state index contributed by atoms with van der Waals surface area (Å²) in [7, 11) is 0. The zero-order valence-corrected chi connectivity index (χ0v) is 19.0. The number of thiocarbonyl (C=S) groups is 1. The van der Waals surface area contributed by atoms with Crippen molar-refractivity contribution in [1.29, 1.82) is 0 Å². The average molecular weight is 461 g/mol. The molecule has 32 heavy (non-hydrogen) atoms. The van der Waals surface area contributed by atoms with Gasteiger partial charge in [-0.2, -0.15) is 0 Å². The molecule has 0 bridgehead atoms. The zero-order chi connectivity index (χ0) is 22.1. The molecule has 0 saturated carbocycles. The minimum atomic E-state index is -0.0525. The minimum Gasteiger partial charge on any atom is -0.454 e. The molecule has 2 aliphatic rings. The molecule has 1 atom stereocenters. The highest BCUT2D eigenvalue weighted by atomic mass is 32.2. The predicted molar refractivity (Wildman–Crippen MR) is 130 cm³/mol. The van der Waals surface area contributed by atoms with E-state index < -0.39 is 0 Å². The largest absolute Gasteiger partial charge is 0.454 e. The molecule has 5 rings (SSSR count). The Kier molecular flexibility index (Phi) is 5.68. The van der Waals surface area contributed by atoms with Crippen molar-refractivity contribution >= 4 is 40.3 Å². The van der Waals surface area contributed by atoms with E-state index in [1.807, 2.05) is 61.5 Å². The summed E-state index contributed by atoms with van der Waals surface area (Å²) in [5.41, 5.74) is 3.80. The summed E-state index contributed by atoms with van der Waals surface area (Å²) >= 11 is 6.86. The van der Waals surface area contributed by atoms with E-state index in [2.05, 4.69) is 17.1 Å². The average Bonchev–Trinajstić information content (AvgIpc) is 3.38. The topological polar surface area (TPSA) is 51.7 Å². The summed E-state index contributed by atoms with van der Waals surface area (Å²) in [6.45, 7) is 2.27. The second-order valence-corrected chi connectivity index (χ2v) is 9.31. The summed E-state index contributed by atoms with van der Waals surface area (Å²) < 4.78 is 11.4. The molecule has 0 radical (unpaired) electrons. The molecule has 1 amide bonds. The van der Waals surface area contributed by atoms with E-state index in [-0.39, 0.29) is 18.7 Å². The van der Waals surface area contributed by atoms with Gasteiger partial charge in [-0.25, -0.2) is 0 Å². The highest BCUT2D eigenvalue weighted by Crippen LogP contribution is 2.36. The van der Waals surface area contributed by atoms with Gasteiger partial charge in [0, 0.05) is 17.8 Å². The molecule has 1 unspecified atom stereocenters. The highest BCUT2D eigenvalue weighted by Gasteiger charge is 2.35. The van der Waals surface area contributed by atoms with Gasteiger partial charge < -0.3 is 9.47 Å². The molecule has 1 saturated heterocycles. The Balaban J connectivity index is 1.31. The van der Waals surface area contributed by atoms with Crippen LogP contribution in [0.5, 0.6) is 11.5 Å². The van der Waals surface area contributed by atoms with Crippen molar-refractivity contribution in [3.8, 4) is 22.8 Å². The van der Waals surface area contributed by atoms with Crippen LogP contribution in [-0.2, 0) is 11.2 Å². The number of benzene rings is 2. The second-order valence-electron chi connectivity index (χ2n) is 7.64. The lowest BCUT2D eigenvalue weighted by Crippen LogP contribution is -2.37. The Bertz CT molecular complexity index is 1210. The molecule has 0 spiro atoms. The summed E-state index contributed by atoms with van der Waals surface area (Å²) in [6.07, 6.45) is 4.37. The Morgan fingerprint density at radius 1 is 1.12 bits per heavy atom. The molecule has 5 nitrogen and oxygen atoms in total. The lowest BCUT2D eigenvalue weighted by atomic mass is 10.1. The van der Waals surface area contributed by atoms with Gasteiger partial charge in [0.15, 0.2) is 11.5 Å². The molecule has 3 aromatic rings. The van der Waals surface area contributed by atoms with Crippen LogP contribution in [-0.4, -0.2) is 32.9 Å². The van der Waals surface area contributed by atoms with Gasteiger partial charge in [0.2, 0.25) is 6.79 Å². The zero-order valence-electron chi connectivity index (χ0n) is 17.4. The van der Waals surface area contributed by atoms with Crippen LogP contribution in [0.3, 0.4) is 0 Å². The van der Waals surface area contributed by atoms with E-state index in [0.717, 1.165) is 34.7 Å². The maximum Gasteiger partial charge on any atom is 0.266 e. The Morgan fingerprint density at radius 3 is 2.72 bits per heavy atom. The Labute approximate surface area is 196 Å². The van der Waals surface area contributed by atoms with Crippen molar-refractivity contribution in [2.24, 2.45) is 0 Å². The number of hydrogen-bond acceptors (Lipinski definition) is 6. The van der Waals surface area contributed by atoms with Gasteiger partial charge in [-0.05, 0) is 54.8 Å².